The highest BCUT2D eigenvalue weighted by Crippen LogP contribution is 2.49. The molecule has 0 bridgehead atoms. The Bertz CT molecular complexity index is 1120. The fraction of sp³-hybridized carbons (Fsp3) is 0.417. The molecule has 1 aliphatic carbocycles. The number of carbonyl (C=O) groups excluding carboxylic acids is 1. The molecule has 0 unspecified atom stereocenters. The lowest BCUT2D eigenvalue weighted by atomic mass is 9.88. The summed E-state index contributed by atoms with van der Waals surface area (Å²) in [6.07, 6.45) is 7.44. The number of likely N-dealkylation sites (tertiary alicyclic amines) is 1. The molecular weight excluding hydrogens is 376 g/mol. The molecule has 1 saturated heterocycles. The minimum absolute atomic E-state index is 0.00969. The highest BCUT2D eigenvalue weighted by molar-refractivity contribution is 5.92. The minimum atomic E-state index is -0.228. The Morgan fingerprint density at radius 2 is 2.13 bits per heavy atom. The van der Waals surface area contributed by atoms with Crippen LogP contribution in [0.1, 0.15) is 46.8 Å². The van der Waals surface area contributed by atoms with E-state index >= 15 is 0 Å². The van der Waals surface area contributed by atoms with Gasteiger partial charge in [-0.2, -0.15) is 0 Å². The van der Waals surface area contributed by atoms with Crippen LogP contribution in [0.25, 0.3) is 5.82 Å². The molecule has 0 radical (unpaired) electrons. The third kappa shape index (κ3) is 2.49. The number of carbonyl (C=O) groups is 1. The highest BCUT2D eigenvalue weighted by atomic mass is 16.4. The zero-order valence-electron chi connectivity index (χ0n) is 17.5. The van der Waals surface area contributed by atoms with Crippen molar-refractivity contribution < 1.29 is 9.21 Å². The number of amides is 1. The molecule has 3 aromatic heterocycles. The Balaban J connectivity index is 1.42. The first-order valence-electron chi connectivity index (χ1n) is 10.8. The van der Waals surface area contributed by atoms with E-state index in [1.165, 1.54) is 24.2 Å². The summed E-state index contributed by atoms with van der Waals surface area (Å²) in [5, 5.41) is 0. The molecular formula is C24H26N4O2. The van der Waals surface area contributed by atoms with Crippen LogP contribution in [0.5, 0.6) is 0 Å². The van der Waals surface area contributed by atoms with Gasteiger partial charge in [0.25, 0.3) is 5.91 Å². The van der Waals surface area contributed by atoms with Crippen molar-refractivity contribution in [2.24, 2.45) is 5.92 Å². The smallest absolute Gasteiger partial charge is 0.289 e. The molecule has 6 rings (SSSR count). The van der Waals surface area contributed by atoms with Crippen molar-refractivity contribution in [3.05, 3.63) is 65.5 Å². The summed E-state index contributed by atoms with van der Waals surface area (Å²) in [4.78, 5) is 22.5. The number of fused-ring (bicyclic) bond motifs is 4. The van der Waals surface area contributed by atoms with Gasteiger partial charge in [0.2, 0.25) is 0 Å². The molecule has 1 saturated carbocycles. The van der Waals surface area contributed by atoms with Gasteiger partial charge in [0.1, 0.15) is 11.3 Å². The predicted octanol–water partition coefficient (Wildman–Crippen LogP) is 4.05. The van der Waals surface area contributed by atoms with Crippen molar-refractivity contribution >= 4 is 11.6 Å². The number of nitrogens with zero attached hydrogens (tertiary/aromatic N) is 4. The van der Waals surface area contributed by atoms with Crippen LogP contribution in [0.4, 0.5) is 5.69 Å². The van der Waals surface area contributed by atoms with Crippen LogP contribution < -0.4 is 4.90 Å². The van der Waals surface area contributed by atoms with Gasteiger partial charge in [0.15, 0.2) is 11.6 Å². The van der Waals surface area contributed by atoms with Gasteiger partial charge < -0.3 is 18.8 Å². The van der Waals surface area contributed by atoms with Crippen LogP contribution in [0, 0.1) is 19.8 Å². The first kappa shape index (κ1) is 17.8. The Morgan fingerprint density at radius 3 is 2.90 bits per heavy atom. The van der Waals surface area contributed by atoms with Crippen LogP contribution in [-0.4, -0.2) is 40.0 Å². The summed E-state index contributed by atoms with van der Waals surface area (Å²) in [5.74, 6) is 2.98. The third-order valence-corrected chi connectivity index (χ3v) is 7.08. The van der Waals surface area contributed by atoms with Gasteiger partial charge >= 0.3 is 0 Å². The topological polar surface area (TPSA) is 54.5 Å². The Morgan fingerprint density at radius 1 is 1.27 bits per heavy atom. The van der Waals surface area contributed by atoms with Gasteiger partial charge in [-0.25, -0.2) is 4.98 Å². The maximum atomic E-state index is 13.3. The summed E-state index contributed by atoms with van der Waals surface area (Å²) in [6.45, 7) is 6.30. The van der Waals surface area contributed by atoms with Gasteiger partial charge in [0, 0.05) is 25.5 Å². The fourth-order valence-electron chi connectivity index (χ4n) is 5.16. The number of furan rings is 1. The third-order valence-electron chi connectivity index (χ3n) is 7.08. The SMILES string of the molecule is Cc1cc(C(=O)N2CC[C@]3(C2)c2cccn2-c2ncccc2N3CC2CC2)oc1C. The average Bonchev–Trinajstić information content (AvgIpc) is 3.13. The van der Waals surface area contributed by atoms with Crippen molar-refractivity contribution in [3.8, 4) is 5.82 Å². The van der Waals surface area contributed by atoms with Crippen LogP contribution in [0.2, 0.25) is 0 Å². The lowest BCUT2D eigenvalue weighted by molar-refractivity contribution is 0.0749. The lowest BCUT2D eigenvalue weighted by Gasteiger charge is -2.47. The molecule has 30 heavy (non-hydrogen) atoms. The first-order valence-corrected chi connectivity index (χ1v) is 10.8. The van der Waals surface area contributed by atoms with E-state index in [1.807, 2.05) is 37.1 Å². The molecule has 2 aliphatic heterocycles. The van der Waals surface area contributed by atoms with Crippen LogP contribution in [0.3, 0.4) is 0 Å². The van der Waals surface area contributed by atoms with Gasteiger partial charge in [0.05, 0.1) is 17.9 Å². The number of aryl methyl sites for hydroxylation is 2. The average molecular weight is 402 g/mol. The molecule has 0 N–H and O–H groups in total. The molecule has 3 aliphatic rings. The Labute approximate surface area is 176 Å². The highest BCUT2D eigenvalue weighted by Gasteiger charge is 2.52. The number of hydrogen-bond donors (Lipinski definition) is 0. The van der Waals surface area contributed by atoms with E-state index in [0.29, 0.717) is 12.3 Å². The van der Waals surface area contributed by atoms with Gasteiger partial charge in [-0.15, -0.1) is 0 Å². The monoisotopic (exact) mass is 402 g/mol. The van der Waals surface area contributed by atoms with Crippen LogP contribution >= 0.6 is 0 Å². The number of anilines is 1. The molecule has 6 heteroatoms. The van der Waals surface area contributed by atoms with Crippen molar-refractivity contribution in [2.45, 2.75) is 38.6 Å². The number of hydrogen-bond acceptors (Lipinski definition) is 4. The number of aromatic nitrogens is 2. The predicted molar refractivity (Wildman–Crippen MR) is 114 cm³/mol. The maximum Gasteiger partial charge on any atom is 0.289 e. The second kappa shape index (κ2) is 6.24. The summed E-state index contributed by atoms with van der Waals surface area (Å²) >= 11 is 0. The molecule has 2 fully saturated rings. The largest absolute Gasteiger partial charge is 0.456 e. The van der Waals surface area contributed by atoms with Gasteiger partial charge in [-0.3, -0.25) is 4.79 Å². The lowest BCUT2D eigenvalue weighted by Crippen LogP contribution is -2.53. The zero-order chi connectivity index (χ0) is 20.5. The van der Waals surface area contributed by atoms with E-state index in [9.17, 15) is 4.79 Å². The minimum Gasteiger partial charge on any atom is -0.456 e. The summed E-state index contributed by atoms with van der Waals surface area (Å²) in [7, 11) is 0. The van der Waals surface area contributed by atoms with E-state index in [4.69, 9.17) is 9.40 Å². The maximum absolute atomic E-state index is 13.3. The van der Waals surface area contributed by atoms with Crippen LogP contribution in [0.15, 0.2) is 47.1 Å². The Kier molecular flexibility index (Phi) is 3.70. The molecule has 1 amide bonds. The fourth-order valence-corrected chi connectivity index (χ4v) is 5.16. The molecule has 0 aromatic carbocycles. The number of pyridine rings is 1. The van der Waals surface area contributed by atoms with Gasteiger partial charge in [-0.1, -0.05) is 0 Å². The second-order valence-electron chi connectivity index (χ2n) is 9.02. The quantitative estimate of drug-likeness (QED) is 0.663. The van der Waals surface area contributed by atoms with Crippen LogP contribution in [-0.2, 0) is 5.54 Å². The first-order chi connectivity index (χ1) is 14.6. The molecule has 154 valence electrons. The molecule has 6 nitrogen and oxygen atoms in total. The number of rotatable bonds is 3. The molecule has 5 heterocycles. The van der Waals surface area contributed by atoms with E-state index in [1.54, 1.807) is 0 Å². The van der Waals surface area contributed by atoms with Crippen molar-refractivity contribution in [1.29, 1.82) is 0 Å². The second-order valence-corrected chi connectivity index (χ2v) is 9.02. The zero-order valence-corrected chi connectivity index (χ0v) is 17.5. The van der Waals surface area contributed by atoms with Gasteiger partial charge in [-0.05, 0) is 74.9 Å². The van der Waals surface area contributed by atoms with E-state index in [0.717, 1.165) is 42.6 Å². The van der Waals surface area contributed by atoms with E-state index in [-0.39, 0.29) is 11.4 Å². The molecule has 1 spiro atoms. The van der Waals surface area contributed by atoms with Crippen molar-refractivity contribution in [3.63, 3.8) is 0 Å². The van der Waals surface area contributed by atoms with E-state index < -0.39 is 0 Å². The molecule has 3 aromatic rings. The summed E-state index contributed by atoms with van der Waals surface area (Å²) in [5.41, 5.74) is 3.20. The Hall–Kier alpha value is -3.02. The van der Waals surface area contributed by atoms with Crippen molar-refractivity contribution in [1.82, 2.24) is 14.5 Å². The normalized spacial score (nSPS) is 22.5. The van der Waals surface area contributed by atoms with Crippen molar-refractivity contribution in [2.75, 3.05) is 24.5 Å². The molecule has 1 atom stereocenters. The summed E-state index contributed by atoms with van der Waals surface area (Å²) in [6, 6.07) is 10.4. The summed E-state index contributed by atoms with van der Waals surface area (Å²) < 4.78 is 7.97. The standard InChI is InChI=1S/C24H26N4O2/c1-16-13-20(30-17(16)2)23(29)26-12-9-24(15-26)21-6-4-11-27(21)22-19(5-3-10-25-22)28(24)14-18-7-8-18/h3-6,10-11,13,18H,7-9,12,14-15H2,1-2H3/t24-/m0/s1. The van der Waals surface area contributed by atoms with E-state index in [2.05, 4.69) is 33.9 Å².